The first-order chi connectivity index (χ1) is 7.71. The third-order valence-corrected chi connectivity index (χ3v) is 1.94. The highest BCUT2D eigenvalue weighted by atomic mass is 16.5. The van der Waals surface area contributed by atoms with E-state index in [9.17, 15) is 4.79 Å². The van der Waals surface area contributed by atoms with Crippen molar-refractivity contribution in [2.45, 2.75) is 13.8 Å². The number of carbonyl (C=O) groups is 1. The fourth-order valence-corrected chi connectivity index (χ4v) is 1.27. The molecular weight excluding hydrogens is 208 g/mol. The molecule has 0 radical (unpaired) electrons. The van der Waals surface area contributed by atoms with Gasteiger partial charge in [-0.15, -0.1) is 0 Å². The summed E-state index contributed by atoms with van der Waals surface area (Å²) in [6.07, 6.45) is 0. The Morgan fingerprint density at radius 3 is 2.38 bits per heavy atom. The quantitative estimate of drug-likeness (QED) is 0.720. The zero-order valence-electron chi connectivity index (χ0n) is 9.78. The number of rotatable bonds is 5. The third kappa shape index (κ3) is 3.15. The lowest BCUT2D eigenvalue weighted by molar-refractivity contribution is 0.0525. The van der Waals surface area contributed by atoms with Gasteiger partial charge in [-0.2, -0.15) is 0 Å². The third-order valence-electron chi connectivity index (χ3n) is 1.94. The molecule has 88 valence electrons. The van der Waals surface area contributed by atoms with Crippen molar-refractivity contribution < 1.29 is 19.0 Å². The molecule has 16 heavy (non-hydrogen) atoms. The fraction of sp³-hybridized carbons (Fsp3) is 0.417. The lowest BCUT2D eigenvalue weighted by atomic mass is 10.2. The van der Waals surface area contributed by atoms with Gasteiger partial charge in [-0.1, -0.05) is 0 Å². The Kier molecular flexibility index (Phi) is 4.64. The summed E-state index contributed by atoms with van der Waals surface area (Å²) in [5.41, 5.74) is 0.435. The fourth-order valence-electron chi connectivity index (χ4n) is 1.27. The summed E-state index contributed by atoms with van der Waals surface area (Å²) >= 11 is 0. The molecule has 4 nitrogen and oxygen atoms in total. The minimum Gasteiger partial charge on any atom is -0.497 e. The normalized spacial score (nSPS) is 9.69. The van der Waals surface area contributed by atoms with Gasteiger partial charge in [0.15, 0.2) is 0 Å². The zero-order chi connectivity index (χ0) is 12.0. The highest BCUT2D eigenvalue weighted by molar-refractivity contribution is 5.90. The average Bonchev–Trinajstić information content (AvgIpc) is 2.29. The molecule has 0 aliphatic heterocycles. The van der Waals surface area contributed by atoms with E-state index in [1.54, 1.807) is 32.2 Å². The first-order valence-corrected chi connectivity index (χ1v) is 5.20. The van der Waals surface area contributed by atoms with Crippen molar-refractivity contribution in [2.75, 3.05) is 20.3 Å². The minimum atomic E-state index is -0.373. The van der Waals surface area contributed by atoms with Crippen LogP contribution in [-0.2, 0) is 4.74 Å². The Morgan fingerprint density at radius 2 is 1.81 bits per heavy atom. The molecule has 1 aromatic rings. The van der Waals surface area contributed by atoms with Crippen LogP contribution in [0.5, 0.6) is 11.5 Å². The van der Waals surface area contributed by atoms with E-state index in [1.807, 2.05) is 6.92 Å². The number of ether oxygens (including phenoxy) is 3. The molecule has 1 aromatic carbocycles. The molecule has 0 amide bonds. The van der Waals surface area contributed by atoms with Gasteiger partial charge in [0.25, 0.3) is 0 Å². The smallest absolute Gasteiger partial charge is 0.338 e. The van der Waals surface area contributed by atoms with Crippen molar-refractivity contribution in [1.82, 2.24) is 0 Å². The minimum absolute atomic E-state index is 0.347. The summed E-state index contributed by atoms with van der Waals surface area (Å²) < 4.78 is 15.3. The molecule has 1 rings (SSSR count). The van der Waals surface area contributed by atoms with E-state index in [0.29, 0.717) is 30.3 Å². The largest absolute Gasteiger partial charge is 0.497 e. The number of benzene rings is 1. The van der Waals surface area contributed by atoms with Gasteiger partial charge in [0.2, 0.25) is 0 Å². The zero-order valence-corrected chi connectivity index (χ0v) is 9.78. The molecule has 0 atom stereocenters. The van der Waals surface area contributed by atoms with Gasteiger partial charge in [0.1, 0.15) is 11.5 Å². The highest BCUT2D eigenvalue weighted by Crippen LogP contribution is 2.23. The molecule has 0 fully saturated rings. The molecule has 0 saturated carbocycles. The molecule has 4 heteroatoms. The molecule has 0 aliphatic carbocycles. The summed E-state index contributed by atoms with van der Waals surface area (Å²) in [5, 5.41) is 0. The molecule has 0 N–H and O–H groups in total. The first-order valence-electron chi connectivity index (χ1n) is 5.20. The molecule has 0 aliphatic rings. The lowest BCUT2D eigenvalue weighted by Gasteiger charge is -2.08. The Labute approximate surface area is 95.1 Å². The van der Waals surface area contributed by atoms with Gasteiger partial charge in [-0.3, -0.25) is 0 Å². The Balaban J connectivity index is 2.98. The van der Waals surface area contributed by atoms with E-state index >= 15 is 0 Å². The Bertz CT molecular complexity index is 360. The van der Waals surface area contributed by atoms with Crippen LogP contribution in [0.3, 0.4) is 0 Å². The molecule has 0 spiro atoms. The van der Waals surface area contributed by atoms with E-state index in [2.05, 4.69) is 0 Å². The summed E-state index contributed by atoms with van der Waals surface area (Å²) in [7, 11) is 1.54. The molecule has 0 aromatic heterocycles. The standard InChI is InChI=1S/C12H16O4/c1-4-15-11-7-9(12(13)16-5-2)6-10(8-11)14-3/h6-8H,4-5H2,1-3H3. The lowest BCUT2D eigenvalue weighted by Crippen LogP contribution is -2.05. The van der Waals surface area contributed by atoms with Crippen LogP contribution in [0.25, 0.3) is 0 Å². The van der Waals surface area contributed by atoms with E-state index in [0.717, 1.165) is 0 Å². The molecule has 0 heterocycles. The Morgan fingerprint density at radius 1 is 1.12 bits per heavy atom. The van der Waals surface area contributed by atoms with E-state index in [4.69, 9.17) is 14.2 Å². The monoisotopic (exact) mass is 224 g/mol. The maximum Gasteiger partial charge on any atom is 0.338 e. The van der Waals surface area contributed by atoms with Crippen molar-refractivity contribution in [3.8, 4) is 11.5 Å². The van der Waals surface area contributed by atoms with Crippen molar-refractivity contribution in [2.24, 2.45) is 0 Å². The summed E-state index contributed by atoms with van der Waals surface area (Å²) in [5.74, 6) is 0.807. The van der Waals surface area contributed by atoms with Crippen molar-refractivity contribution >= 4 is 5.97 Å². The van der Waals surface area contributed by atoms with Crippen LogP contribution in [0.4, 0.5) is 0 Å². The first kappa shape index (κ1) is 12.4. The van der Waals surface area contributed by atoms with E-state index in [-0.39, 0.29) is 5.97 Å². The summed E-state index contributed by atoms with van der Waals surface area (Å²) in [4.78, 5) is 11.5. The second kappa shape index (κ2) is 6.00. The predicted molar refractivity (Wildman–Crippen MR) is 60.1 cm³/mol. The maximum absolute atomic E-state index is 11.5. The number of methoxy groups -OCH3 is 1. The van der Waals surface area contributed by atoms with Crippen LogP contribution in [0, 0.1) is 0 Å². The highest BCUT2D eigenvalue weighted by Gasteiger charge is 2.10. The maximum atomic E-state index is 11.5. The second-order valence-corrected chi connectivity index (χ2v) is 3.05. The number of carbonyl (C=O) groups excluding carboxylic acids is 1. The van der Waals surface area contributed by atoms with E-state index < -0.39 is 0 Å². The number of hydrogen-bond donors (Lipinski definition) is 0. The Hall–Kier alpha value is -1.71. The second-order valence-electron chi connectivity index (χ2n) is 3.05. The topological polar surface area (TPSA) is 44.8 Å². The molecule has 0 unspecified atom stereocenters. The van der Waals surface area contributed by atoms with Crippen LogP contribution in [0.2, 0.25) is 0 Å². The van der Waals surface area contributed by atoms with Gasteiger partial charge in [-0.25, -0.2) is 4.79 Å². The van der Waals surface area contributed by atoms with Gasteiger partial charge < -0.3 is 14.2 Å². The van der Waals surface area contributed by atoms with Crippen LogP contribution in [-0.4, -0.2) is 26.3 Å². The van der Waals surface area contributed by atoms with Gasteiger partial charge >= 0.3 is 5.97 Å². The van der Waals surface area contributed by atoms with Crippen molar-refractivity contribution in [3.05, 3.63) is 23.8 Å². The van der Waals surface area contributed by atoms with Crippen molar-refractivity contribution in [1.29, 1.82) is 0 Å². The summed E-state index contributed by atoms with van der Waals surface area (Å²) in [6.45, 7) is 4.53. The van der Waals surface area contributed by atoms with Gasteiger partial charge in [0, 0.05) is 6.07 Å². The summed E-state index contributed by atoms with van der Waals surface area (Å²) in [6, 6.07) is 5.00. The van der Waals surface area contributed by atoms with Gasteiger partial charge in [0.05, 0.1) is 25.9 Å². The SMILES string of the molecule is CCOC(=O)c1cc(OC)cc(OCC)c1. The number of hydrogen-bond acceptors (Lipinski definition) is 4. The van der Waals surface area contributed by atoms with Gasteiger partial charge in [-0.05, 0) is 26.0 Å². The van der Waals surface area contributed by atoms with Crippen LogP contribution >= 0.6 is 0 Å². The molecular formula is C12H16O4. The molecule has 0 bridgehead atoms. The van der Waals surface area contributed by atoms with Crippen LogP contribution in [0.15, 0.2) is 18.2 Å². The molecule has 0 saturated heterocycles. The van der Waals surface area contributed by atoms with Crippen LogP contribution < -0.4 is 9.47 Å². The van der Waals surface area contributed by atoms with Crippen LogP contribution in [0.1, 0.15) is 24.2 Å². The average molecular weight is 224 g/mol. The van der Waals surface area contributed by atoms with Crippen molar-refractivity contribution in [3.63, 3.8) is 0 Å². The predicted octanol–water partition coefficient (Wildman–Crippen LogP) is 2.27. The van der Waals surface area contributed by atoms with E-state index in [1.165, 1.54) is 0 Å². The number of esters is 1.